The lowest BCUT2D eigenvalue weighted by Gasteiger charge is -2.07. The highest BCUT2D eigenvalue weighted by atomic mass is 16.5. The summed E-state index contributed by atoms with van der Waals surface area (Å²) in [6.07, 6.45) is 3.94. The van der Waals surface area contributed by atoms with Gasteiger partial charge in [-0.2, -0.15) is 5.10 Å². The second-order valence-corrected chi connectivity index (χ2v) is 4.80. The molecule has 0 aliphatic rings. The van der Waals surface area contributed by atoms with Gasteiger partial charge in [0.2, 0.25) is 0 Å². The Bertz CT molecular complexity index is 447. The van der Waals surface area contributed by atoms with Crippen molar-refractivity contribution in [3.05, 3.63) is 24.3 Å². The number of carbonyl (C=O) groups is 1. The minimum absolute atomic E-state index is 0.143. The van der Waals surface area contributed by atoms with Crippen LogP contribution in [0.4, 0.5) is 5.69 Å². The van der Waals surface area contributed by atoms with Crippen LogP contribution < -0.4 is 15.5 Å². The van der Waals surface area contributed by atoms with Gasteiger partial charge in [-0.15, -0.1) is 0 Å². The van der Waals surface area contributed by atoms with Crippen molar-refractivity contribution >= 4 is 17.3 Å². The van der Waals surface area contributed by atoms with E-state index in [0.29, 0.717) is 0 Å². The van der Waals surface area contributed by atoms with Gasteiger partial charge in [0.25, 0.3) is 5.91 Å². The van der Waals surface area contributed by atoms with Crippen molar-refractivity contribution in [3.63, 3.8) is 0 Å². The van der Waals surface area contributed by atoms with Crippen LogP contribution in [0.2, 0.25) is 0 Å². The molecule has 0 fully saturated rings. The van der Waals surface area contributed by atoms with Crippen molar-refractivity contribution in [2.24, 2.45) is 5.10 Å². The Labute approximate surface area is 126 Å². The van der Waals surface area contributed by atoms with Crippen LogP contribution in [-0.4, -0.2) is 25.3 Å². The molecule has 0 heterocycles. The minimum Gasteiger partial charge on any atom is -0.497 e. The van der Waals surface area contributed by atoms with E-state index in [0.717, 1.165) is 42.8 Å². The van der Waals surface area contributed by atoms with Gasteiger partial charge in [-0.1, -0.05) is 26.7 Å². The fourth-order valence-electron chi connectivity index (χ4n) is 1.89. The molecular formula is C16H25N3O2. The second kappa shape index (κ2) is 9.80. The maximum absolute atomic E-state index is 11.7. The van der Waals surface area contributed by atoms with Gasteiger partial charge in [-0.3, -0.25) is 4.79 Å². The van der Waals surface area contributed by atoms with E-state index in [1.165, 1.54) is 0 Å². The van der Waals surface area contributed by atoms with Gasteiger partial charge in [0.1, 0.15) is 5.75 Å². The summed E-state index contributed by atoms with van der Waals surface area (Å²) < 4.78 is 5.08. The zero-order valence-electron chi connectivity index (χ0n) is 13.1. The van der Waals surface area contributed by atoms with Crippen molar-refractivity contribution in [3.8, 4) is 5.75 Å². The maximum Gasteiger partial charge on any atom is 0.259 e. The molecule has 21 heavy (non-hydrogen) atoms. The van der Waals surface area contributed by atoms with Crippen molar-refractivity contribution in [1.82, 2.24) is 5.43 Å². The molecule has 1 aromatic carbocycles. The zero-order chi connectivity index (χ0) is 15.5. The second-order valence-electron chi connectivity index (χ2n) is 4.80. The first-order valence-electron chi connectivity index (χ1n) is 7.41. The van der Waals surface area contributed by atoms with Crippen LogP contribution in [-0.2, 0) is 4.79 Å². The zero-order valence-corrected chi connectivity index (χ0v) is 13.1. The lowest BCUT2D eigenvalue weighted by Crippen LogP contribution is -2.27. The molecule has 0 saturated carbocycles. The highest BCUT2D eigenvalue weighted by Gasteiger charge is 2.02. The normalized spacial score (nSPS) is 9.86. The summed E-state index contributed by atoms with van der Waals surface area (Å²) in [5.41, 5.74) is 4.53. The highest BCUT2D eigenvalue weighted by Crippen LogP contribution is 2.14. The molecule has 0 spiro atoms. The fraction of sp³-hybridized carbons (Fsp3) is 0.500. The number of hydrogen-bond acceptors (Lipinski definition) is 4. The third-order valence-electron chi connectivity index (χ3n) is 2.96. The Morgan fingerprint density at radius 1 is 1.14 bits per heavy atom. The first kappa shape index (κ1) is 17.0. The summed E-state index contributed by atoms with van der Waals surface area (Å²) in [5.74, 6) is 0.647. The molecular weight excluding hydrogens is 266 g/mol. The molecule has 1 rings (SSSR count). The number of methoxy groups -OCH3 is 1. The standard InChI is InChI=1S/C16H25N3O2/c1-4-6-14(7-5-2)18-19-16(20)12-17-13-8-10-15(21-3)11-9-13/h8-11,17H,4-7,12H2,1-3H3,(H,19,20). The van der Waals surface area contributed by atoms with Gasteiger partial charge >= 0.3 is 0 Å². The molecule has 0 aliphatic carbocycles. The molecule has 0 aliphatic heterocycles. The third-order valence-corrected chi connectivity index (χ3v) is 2.96. The molecule has 5 nitrogen and oxygen atoms in total. The van der Waals surface area contributed by atoms with E-state index >= 15 is 0 Å². The number of rotatable bonds is 9. The number of hydrogen-bond donors (Lipinski definition) is 2. The predicted octanol–water partition coefficient (Wildman–Crippen LogP) is 3.18. The molecule has 1 amide bonds. The van der Waals surface area contributed by atoms with E-state index in [2.05, 4.69) is 29.7 Å². The average Bonchev–Trinajstić information content (AvgIpc) is 2.51. The van der Waals surface area contributed by atoms with E-state index in [4.69, 9.17) is 4.74 Å². The van der Waals surface area contributed by atoms with Crippen LogP contribution in [0.3, 0.4) is 0 Å². The van der Waals surface area contributed by atoms with Gasteiger partial charge in [0.05, 0.1) is 13.7 Å². The van der Waals surface area contributed by atoms with Crippen molar-refractivity contribution in [1.29, 1.82) is 0 Å². The molecule has 0 radical (unpaired) electrons. The lowest BCUT2D eigenvalue weighted by atomic mass is 10.1. The number of anilines is 1. The molecule has 5 heteroatoms. The van der Waals surface area contributed by atoms with Crippen molar-refractivity contribution < 1.29 is 9.53 Å². The number of ether oxygens (including phenoxy) is 1. The molecule has 0 atom stereocenters. The predicted molar refractivity (Wildman–Crippen MR) is 86.9 cm³/mol. The average molecular weight is 291 g/mol. The van der Waals surface area contributed by atoms with Crippen LogP contribution in [0, 0.1) is 0 Å². The number of hydrazone groups is 1. The number of carbonyl (C=O) groups excluding carboxylic acids is 1. The Kier molecular flexibility index (Phi) is 7.94. The number of benzene rings is 1. The van der Waals surface area contributed by atoms with Crippen LogP contribution in [0.5, 0.6) is 5.75 Å². The Morgan fingerprint density at radius 2 is 1.76 bits per heavy atom. The molecule has 0 bridgehead atoms. The van der Waals surface area contributed by atoms with Crippen molar-refractivity contribution in [2.75, 3.05) is 19.0 Å². The van der Waals surface area contributed by atoms with Crippen LogP contribution >= 0.6 is 0 Å². The van der Waals surface area contributed by atoms with Gasteiger partial charge in [0, 0.05) is 11.4 Å². The minimum atomic E-state index is -0.143. The fourth-order valence-corrected chi connectivity index (χ4v) is 1.89. The molecule has 1 aromatic rings. The van der Waals surface area contributed by atoms with Gasteiger partial charge in [-0.05, 0) is 37.1 Å². The third kappa shape index (κ3) is 6.79. The summed E-state index contributed by atoms with van der Waals surface area (Å²) in [4.78, 5) is 11.7. The molecule has 0 saturated heterocycles. The van der Waals surface area contributed by atoms with Crippen molar-refractivity contribution in [2.45, 2.75) is 39.5 Å². The Balaban J connectivity index is 2.40. The number of amides is 1. The molecule has 0 unspecified atom stereocenters. The molecule has 0 aromatic heterocycles. The van der Waals surface area contributed by atoms with Gasteiger partial charge in [-0.25, -0.2) is 5.43 Å². The van der Waals surface area contributed by atoms with E-state index in [9.17, 15) is 4.79 Å². The van der Waals surface area contributed by atoms with Crippen LogP contribution in [0.1, 0.15) is 39.5 Å². The highest BCUT2D eigenvalue weighted by molar-refractivity contribution is 5.87. The quantitative estimate of drug-likeness (QED) is 0.542. The topological polar surface area (TPSA) is 62.7 Å². The van der Waals surface area contributed by atoms with E-state index in [-0.39, 0.29) is 12.5 Å². The Hall–Kier alpha value is -2.04. The molecule has 116 valence electrons. The van der Waals surface area contributed by atoms with E-state index in [1.54, 1.807) is 7.11 Å². The summed E-state index contributed by atoms with van der Waals surface area (Å²) in [6.45, 7) is 4.41. The summed E-state index contributed by atoms with van der Waals surface area (Å²) in [6, 6.07) is 7.43. The largest absolute Gasteiger partial charge is 0.497 e. The van der Waals surface area contributed by atoms with Crippen LogP contribution in [0.25, 0.3) is 0 Å². The number of nitrogens with one attached hydrogen (secondary N) is 2. The summed E-state index contributed by atoms with van der Waals surface area (Å²) in [5, 5.41) is 7.25. The van der Waals surface area contributed by atoms with Gasteiger partial charge < -0.3 is 10.1 Å². The monoisotopic (exact) mass is 291 g/mol. The smallest absolute Gasteiger partial charge is 0.259 e. The van der Waals surface area contributed by atoms with E-state index in [1.807, 2.05) is 24.3 Å². The summed E-state index contributed by atoms with van der Waals surface area (Å²) >= 11 is 0. The Morgan fingerprint density at radius 3 is 2.29 bits per heavy atom. The van der Waals surface area contributed by atoms with Crippen LogP contribution in [0.15, 0.2) is 29.4 Å². The molecule has 2 N–H and O–H groups in total. The van der Waals surface area contributed by atoms with Gasteiger partial charge in [0.15, 0.2) is 0 Å². The number of nitrogens with zero attached hydrogens (tertiary/aromatic N) is 1. The summed E-state index contributed by atoms with van der Waals surface area (Å²) in [7, 11) is 1.62. The SMILES string of the molecule is CCCC(CCC)=NNC(=O)CNc1ccc(OC)cc1. The first-order valence-corrected chi connectivity index (χ1v) is 7.41. The lowest BCUT2D eigenvalue weighted by molar-refractivity contribution is -0.119. The first-order chi connectivity index (χ1) is 10.2. The maximum atomic E-state index is 11.7. The van der Waals surface area contributed by atoms with E-state index < -0.39 is 0 Å².